The first-order valence-corrected chi connectivity index (χ1v) is 8.01. The molecule has 5 heteroatoms. The number of H-pyrrole nitrogens is 1. The molecule has 4 rings (SSSR count). The number of aromatic amines is 1. The largest absolute Gasteiger partial charge is 0.378 e. The van der Waals surface area contributed by atoms with Crippen molar-refractivity contribution in [3.8, 4) is 11.3 Å². The summed E-state index contributed by atoms with van der Waals surface area (Å²) in [6.07, 6.45) is 5.93. The zero-order valence-corrected chi connectivity index (χ0v) is 13.7. The van der Waals surface area contributed by atoms with Gasteiger partial charge in [0.1, 0.15) is 5.65 Å². The summed E-state index contributed by atoms with van der Waals surface area (Å²) in [6.45, 7) is 4.17. The minimum absolute atomic E-state index is 0.199. The zero-order valence-electron chi connectivity index (χ0n) is 13.7. The molecule has 0 spiro atoms. The van der Waals surface area contributed by atoms with Crippen molar-refractivity contribution in [3.63, 3.8) is 0 Å². The molecule has 1 atom stereocenters. The molecular weight excluding hydrogens is 298 g/mol. The van der Waals surface area contributed by atoms with E-state index in [1.807, 2.05) is 41.9 Å². The SMILES string of the molecule is Cc1[nH]ncc1C(C)Nc1ccc(-c2cn3ccccc3n2)cc1. The van der Waals surface area contributed by atoms with Crippen molar-refractivity contribution >= 4 is 11.3 Å². The first kappa shape index (κ1) is 14.5. The zero-order chi connectivity index (χ0) is 16.5. The van der Waals surface area contributed by atoms with Crippen LogP contribution in [0.1, 0.15) is 24.2 Å². The quantitative estimate of drug-likeness (QED) is 0.593. The fraction of sp³-hybridized carbons (Fsp3) is 0.158. The summed E-state index contributed by atoms with van der Waals surface area (Å²) in [5.74, 6) is 0. The molecule has 120 valence electrons. The van der Waals surface area contributed by atoms with Gasteiger partial charge in [-0.15, -0.1) is 0 Å². The van der Waals surface area contributed by atoms with Crippen LogP contribution < -0.4 is 5.32 Å². The van der Waals surface area contributed by atoms with Crippen molar-refractivity contribution in [2.75, 3.05) is 5.32 Å². The maximum atomic E-state index is 4.66. The molecule has 0 radical (unpaired) electrons. The molecule has 0 aliphatic heterocycles. The van der Waals surface area contributed by atoms with E-state index in [0.717, 1.165) is 28.3 Å². The molecule has 24 heavy (non-hydrogen) atoms. The average Bonchev–Trinajstić information content (AvgIpc) is 3.21. The van der Waals surface area contributed by atoms with Gasteiger partial charge in [-0.05, 0) is 38.1 Å². The Morgan fingerprint density at radius 3 is 2.67 bits per heavy atom. The number of aryl methyl sites for hydroxylation is 1. The van der Waals surface area contributed by atoms with Gasteiger partial charge < -0.3 is 9.72 Å². The lowest BCUT2D eigenvalue weighted by Gasteiger charge is -2.15. The maximum Gasteiger partial charge on any atom is 0.137 e. The van der Waals surface area contributed by atoms with E-state index in [-0.39, 0.29) is 6.04 Å². The van der Waals surface area contributed by atoms with Gasteiger partial charge in [-0.3, -0.25) is 5.10 Å². The lowest BCUT2D eigenvalue weighted by atomic mass is 10.1. The topological polar surface area (TPSA) is 58.0 Å². The standard InChI is InChI=1S/C19H19N5/c1-13(17-11-20-23-14(17)2)21-16-8-6-15(7-9-16)18-12-24-10-4-3-5-19(24)22-18/h3-13,21H,1-2H3,(H,20,23). The Labute approximate surface area is 140 Å². The number of hydrogen-bond acceptors (Lipinski definition) is 3. The van der Waals surface area contributed by atoms with E-state index in [0.29, 0.717) is 0 Å². The van der Waals surface area contributed by atoms with Gasteiger partial charge in [-0.25, -0.2) is 4.98 Å². The van der Waals surface area contributed by atoms with Gasteiger partial charge in [0.15, 0.2) is 0 Å². The molecule has 0 aliphatic rings. The highest BCUT2D eigenvalue weighted by atomic mass is 15.1. The van der Waals surface area contributed by atoms with Crippen molar-refractivity contribution < 1.29 is 0 Å². The van der Waals surface area contributed by atoms with Gasteiger partial charge >= 0.3 is 0 Å². The second-order valence-electron chi connectivity index (χ2n) is 5.99. The number of aromatic nitrogens is 4. The molecule has 1 unspecified atom stereocenters. The molecule has 4 aromatic rings. The van der Waals surface area contributed by atoms with E-state index in [2.05, 4.69) is 57.9 Å². The predicted molar refractivity (Wildman–Crippen MR) is 96.0 cm³/mol. The third kappa shape index (κ3) is 2.65. The van der Waals surface area contributed by atoms with Crippen molar-refractivity contribution in [3.05, 3.63) is 72.3 Å². The fourth-order valence-electron chi connectivity index (χ4n) is 2.94. The number of pyridine rings is 1. The van der Waals surface area contributed by atoms with Crippen LogP contribution in [-0.2, 0) is 0 Å². The van der Waals surface area contributed by atoms with Crippen LogP contribution in [0.4, 0.5) is 5.69 Å². The normalized spacial score (nSPS) is 12.4. The Kier molecular flexibility index (Phi) is 3.54. The second kappa shape index (κ2) is 5.85. The van der Waals surface area contributed by atoms with Gasteiger partial charge in [0, 0.05) is 34.9 Å². The van der Waals surface area contributed by atoms with Crippen LogP contribution in [0.5, 0.6) is 0 Å². The molecular formula is C19H19N5. The van der Waals surface area contributed by atoms with Gasteiger partial charge in [0.25, 0.3) is 0 Å². The highest BCUT2D eigenvalue weighted by Gasteiger charge is 2.10. The molecule has 1 aromatic carbocycles. The molecule has 3 aromatic heterocycles. The molecule has 0 saturated carbocycles. The molecule has 2 N–H and O–H groups in total. The van der Waals surface area contributed by atoms with E-state index >= 15 is 0 Å². The Morgan fingerprint density at radius 2 is 1.96 bits per heavy atom. The number of fused-ring (bicyclic) bond motifs is 1. The number of nitrogens with one attached hydrogen (secondary N) is 2. The summed E-state index contributed by atoms with van der Waals surface area (Å²) in [5, 5.41) is 10.6. The van der Waals surface area contributed by atoms with Gasteiger partial charge in [-0.1, -0.05) is 18.2 Å². The molecule has 0 bridgehead atoms. The third-order valence-corrected chi connectivity index (χ3v) is 4.26. The maximum absolute atomic E-state index is 4.66. The van der Waals surface area contributed by atoms with Crippen LogP contribution >= 0.6 is 0 Å². The van der Waals surface area contributed by atoms with Crippen LogP contribution in [0.25, 0.3) is 16.9 Å². The van der Waals surface area contributed by atoms with Gasteiger partial charge in [-0.2, -0.15) is 5.10 Å². The van der Waals surface area contributed by atoms with Crippen molar-refractivity contribution in [1.82, 2.24) is 19.6 Å². The third-order valence-electron chi connectivity index (χ3n) is 4.26. The number of imidazole rings is 1. The smallest absolute Gasteiger partial charge is 0.137 e. The molecule has 0 saturated heterocycles. The lowest BCUT2D eigenvalue weighted by molar-refractivity contribution is 0.874. The average molecular weight is 317 g/mol. The monoisotopic (exact) mass is 317 g/mol. The molecule has 0 amide bonds. The van der Waals surface area contributed by atoms with Crippen molar-refractivity contribution in [2.45, 2.75) is 19.9 Å². The van der Waals surface area contributed by atoms with Gasteiger partial charge in [0.05, 0.1) is 17.9 Å². The number of nitrogens with zero attached hydrogens (tertiary/aromatic N) is 3. The van der Waals surface area contributed by atoms with E-state index in [1.54, 1.807) is 0 Å². The van der Waals surface area contributed by atoms with Crippen LogP contribution in [0.2, 0.25) is 0 Å². The van der Waals surface area contributed by atoms with E-state index in [4.69, 9.17) is 0 Å². The molecule has 5 nitrogen and oxygen atoms in total. The summed E-state index contributed by atoms with van der Waals surface area (Å²) in [7, 11) is 0. The van der Waals surface area contributed by atoms with Crippen LogP contribution in [0.15, 0.2) is 61.1 Å². The highest BCUT2D eigenvalue weighted by molar-refractivity contribution is 5.65. The van der Waals surface area contributed by atoms with Gasteiger partial charge in [0.2, 0.25) is 0 Å². The van der Waals surface area contributed by atoms with Crippen LogP contribution in [0, 0.1) is 6.92 Å². The summed E-state index contributed by atoms with van der Waals surface area (Å²) in [5.41, 5.74) is 6.40. The Hall–Kier alpha value is -3.08. The summed E-state index contributed by atoms with van der Waals surface area (Å²) < 4.78 is 2.03. The number of hydrogen-bond donors (Lipinski definition) is 2. The van der Waals surface area contributed by atoms with E-state index < -0.39 is 0 Å². The highest BCUT2D eigenvalue weighted by Crippen LogP contribution is 2.24. The predicted octanol–water partition coefficient (Wildman–Crippen LogP) is 4.21. The van der Waals surface area contributed by atoms with Crippen LogP contribution in [-0.4, -0.2) is 19.6 Å². The lowest BCUT2D eigenvalue weighted by Crippen LogP contribution is -2.06. The Morgan fingerprint density at radius 1 is 1.12 bits per heavy atom. The van der Waals surface area contributed by atoms with Crippen molar-refractivity contribution in [2.24, 2.45) is 0 Å². The number of anilines is 1. The second-order valence-corrected chi connectivity index (χ2v) is 5.99. The summed E-state index contributed by atoms with van der Waals surface area (Å²) >= 11 is 0. The number of rotatable bonds is 4. The fourth-order valence-corrected chi connectivity index (χ4v) is 2.94. The molecule has 0 aliphatic carbocycles. The minimum atomic E-state index is 0.199. The first-order chi connectivity index (χ1) is 11.7. The number of benzene rings is 1. The Balaban J connectivity index is 1.55. The summed E-state index contributed by atoms with van der Waals surface area (Å²) in [4.78, 5) is 4.66. The van der Waals surface area contributed by atoms with Crippen LogP contribution in [0.3, 0.4) is 0 Å². The summed E-state index contributed by atoms with van der Waals surface area (Å²) in [6, 6.07) is 14.6. The molecule has 0 fully saturated rings. The first-order valence-electron chi connectivity index (χ1n) is 8.01. The van der Waals surface area contributed by atoms with Crippen molar-refractivity contribution in [1.29, 1.82) is 0 Å². The van der Waals surface area contributed by atoms with E-state index in [9.17, 15) is 0 Å². The molecule has 3 heterocycles. The minimum Gasteiger partial charge on any atom is -0.378 e. The Bertz CT molecular complexity index is 932. The van der Waals surface area contributed by atoms with E-state index in [1.165, 1.54) is 5.56 Å².